The normalized spacial score (nSPS) is 10.4. The smallest absolute Gasteiger partial charge is 0.140 e. The molecule has 1 aromatic carbocycles. The van der Waals surface area contributed by atoms with Gasteiger partial charge in [-0.05, 0) is 30.7 Å². The number of hydrogen-bond donors (Lipinski definition) is 2. The zero-order chi connectivity index (χ0) is 15.2. The Labute approximate surface area is 128 Å². The molecule has 0 aliphatic rings. The lowest BCUT2D eigenvalue weighted by atomic mass is 10.2. The van der Waals surface area contributed by atoms with Crippen molar-refractivity contribution < 1.29 is 9.47 Å². The molecule has 0 saturated heterocycles. The summed E-state index contributed by atoms with van der Waals surface area (Å²) in [6, 6.07) is 7.40. The zero-order valence-electron chi connectivity index (χ0n) is 12.2. The van der Waals surface area contributed by atoms with Crippen LogP contribution in [0.5, 0.6) is 11.5 Å². The lowest BCUT2D eigenvalue weighted by Crippen LogP contribution is -2.11. The molecule has 3 N–H and O–H groups in total. The molecule has 0 spiro atoms. The van der Waals surface area contributed by atoms with Crippen molar-refractivity contribution in [2.45, 2.75) is 26.4 Å². The Morgan fingerprint density at radius 1 is 1.29 bits per heavy atom. The molecule has 2 rings (SSSR count). The Morgan fingerprint density at radius 2 is 1.95 bits per heavy atom. The predicted octanol–water partition coefficient (Wildman–Crippen LogP) is 2.97. The highest BCUT2D eigenvalue weighted by Gasteiger charge is 2.13. The molecule has 0 bridgehead atoms. The van der Waals surface area contributed by atoms with Gasteiger partial charge >= 0.3 is 0 Å². The van der Waals surface area contributed by atoms with Gasteiger partial charge < -0.3 is 15.2 Å². The van der Waals surface area contributed by atoms with Gasteiger partial charge in [-0.15, -0.1) is 11.3 Å². The van der Waals surface area contributed by atoms with Gasteiger partial charge in [-0.3, -0.25) is 5.41 Å². The zero-order valence-corrected chi connectivity index (χ0v) is 13.0. The summed E-state index contributed by atoms with van der Waals surface area (Å²) in [7, 11) is 1.63. The van der Waals surface area contributed by atoms with Gasteiger partial charge in [-0.25, -0.2) is 4.98 Å². The minimum absolute atomic E-state index is 0.0756. The predicted molar refractivity (Wildman–Crippen MR) is 84.5 cm³/mol. The topological polar surface area (TPSA) is 81.2 Å². The molecule has 0 aliphatic heterocycles. The van der Waals surface area contributed by atoms with Crippen LogP contribution in [-0.2, 0) is 13.0 Å². The van der Waals surface area contributed by atoms with Crippen LogP contribution >= 0.6 is 11.3 Å². The van der Waals surface area contributed by atoms with Gasteiger partial charge in [0.1, 0.15) is 28.9 Å². The molecule has 0 aliphatic carbocycles. The van der Waals surface area contributed by atoms with Crippen LogP contribution in [0, 0.1) is 5.41 Å². The van der Waals surface area contributed by atoms with E-state index in [1.807, 2.05) is 24.3 Å². The van der Waals surface area contributed by atoms with Crippen molar-refractivity contribution in [3.63, 3.8) is 0 Å². The van der Waals surface area contributed by atoms with Crippen LogP contribution < -0.4 is 15.2 Å². The second-order valence-electron chi connectivity index (χ2n) is 4.51. The summed E-state index contributed by atoms with van der Waals surface area (Å²) < 4.78 is 10.8. The first-order chi connectivity index (χ1) is 10.1. The van der Waals surface area contributed by atoms with Gasteiger partial charge in [0.25, 0.3) is 0 Å². The molecule has 0 unspecified atom stereocenters. The van der Waals surface area contributed by atoms with E-state index < -0.39 is 0 Å². The molecule has 112 valence electrons. The van der Waals surface area contributed by atoms with E-state index in [4.69, 9.17) is 20.6 Å². The number of hydrogen-bond acceptors (Lipinski definition) is 5. The van der Waals surface area contributed by atoms with Crippen LogP contribution in [0.25, 0.3) is 0 Å². The summed E-state index contributed by atoms with van der Waals surface area (Å²) in [4.78, 5) is 5.27. The van der Waals surface area contributed by atoms with Crippen molar-refractivity contribution in [1.29, 1.82) is 5.41 Å². The number of rotatable bonds is 7. The van der Waals surface area contributed by atoms with Crippen LogP contribution in [0.15, 0.2) is 24.3 Å². The number of amidine groups is 1. The Balaban J connectivity index is 2.05. The number of nitrogens with one attached hydrogen (secondary N) is 1. The largest absolute Gasteiger partial charge is 0.497 e. The van der Waals surface area contributed by atoms with Gasteiger partial charge in [0.2, 0.25) is 0 Å². The minimum atomic E-state index is 0.0756. The Hall–Kier alpha value is -2.08. The quantitative estimate of drug-likeness (QED) is 0.608. The number of thiazole rings is 1. The molecule has 1 heterocycles. The third kappa shape index (κ3) is 3.95. The van der Waals surface area contributed by atoms with Crippen LogP contribution in [-0.4, -0.2) is 17.9 Å². The fourth-order valence-electron chi connectivity index (χ4n) is 1.90. The fourth-order valence-corrected chi connectivity index (χ4v) is 2.78. The van der Waals surface area contributed by atoms with E-state index in [-0.39, 0.29) is 5.84 Å². The maximum Gasteiger partial charge on any atom is 0.140 e. The first-order valence-electron chi connectivity index (χ1n) is 6.73. The molecule has 0 saturated carbocycles. The van der Waals surface area contributed by atoms with Crippen LogP contribution in [0.3, 0.4) is 0 Å². The van der Waals surface area contributed by atoms with E-state index in [2.05, 4.69) is 11.9 Å². The molecular formula is C15H19N3O2S. The highest BCUT2D eigenvalue weighted by Crippen LogP contribution is 2.22. The molecule has 0 amide bonds. The standard InChI is InChI=1S/C15H19N3O2S/c1-3-4-12-14(15(16)17)21-13(18-12)9-20-11-7-5-10(19-2)6-8-11/h5-8H,3-4,9H2,1-2H3,(H3,16,17). The molecule has 0 fully saturated rings. The van der Waals surface area contributed by atoms with Crippen molar-refractivity contribution in [2.24, 2.45) is 5.73 Å². The summed E-state index contributed by atoms with van der Waals surface area (Å²) >= 11 is 1.42. The number of benzene rings is 1. The number of nitrogen functional groups attached to an aromatic ring is 1. The van der Waals surface area contributed by atoms with E-state index in [1.54, 1.807) is 7.11 Å². The molecule has 0 radical (unpaired) electrons. The van der Waals surface area contributed by atoms with E-state index in [0.717, 1.165) is 39.9 Å². The van der Waals surface area contributed by atoms with E-state index in [0.29, 0.717) is 6.61 Å². The highest BCUT2D eigenvalue weighted by molar-refractivity contribution is 7.13. The van der Waals surface area contributed by atoms with E-state index in [9.17, 15) is 0 Å². The molecular weight excluding hydrogens is 286 g/mol. The third-order valence-corrected chi connectivity index (χ3v) is 4.00. The Morgan fingerprint density at radius 3 is 2.52 bits per heavy atom. The Bertz CT molecular complexity index is 608. The third-order valence-electron chi connectivity index (χ3n) is 2.89. The molecule has 5 nitrogen and oxygen atoms in total. The molecule has 6 heteroatoms. The summed E-state index contributed by atoms with van der Waals surface area (Å²) in [6.07, 6.45) is 1.80. The summed E-state index contributed by atoms with van der Waals surface area (Å²) in [5.41, 5.74) is 6.49. The van der Waals surface area contributed by atoms with Crippen molar-refractivity contribution in [1.82, 2.24) is 4.98 Å². The molecule has 21 heavy (non-hydrogen) atoms. The van der Waals surface area contributed by atoms with E-state index in [1.165, 1.54) is 11.3 Å². The minimum Gasteiger partial charge on any atom is -0.497 e. The molecule has 0 atom stereocenters. The second kappa shape index (κ2) is 7.08. The number of methoxy groups -OCH3 is 1. The summed E-state index contributed by atoms with van der Waals surface area (Å²) in [6.45, 7) is 2.46. The fraction of sp³-hybridized carbons (Fsp3) is 0.333. The van der Waals surface area contributed by atoms with Crippen LogP contribution in [0.2, 0.25) is 0 Å². The monoisotopic (exact) mass is 305 g/mol. The molecule has 1 aromatic heterocycles. The average Bonchev–Trinajstić information content (AvgIpc) is 2.89. The SMILES string of the molecule is CCCc1nc(COc2ccc(OC)cc2)sc1C(=N)N. The Kier molecular flexibility index (Phi) is 5.16. The van der Waals surface area contributed by atoms with Crippen LogP contribution in [0.1, 0.15) is 28.9 Å². The van der Waals surface area contributed by atoms with Crippen molar-refractivity contribution in [3.8, 4) is 11.5 Å². The maximum atomic E-state index is 7.60. The van der Waals surface area contributed by atoms with Crippen molar-refractivity contribution in [3.05, 3.63) is 39.8 Å². The first kappa shape index (κ1) is 15.3. The number of aromatic nitrogens is 1. The van der Waals surface area contributed by atoms with Gasteiger partial charge in [0.15, 0.2) is 0 Å². The summed E-state index contributed by atoms with van der Waals surface area (Å²) in [5.74, 6) is 1.62. The number of aryl methyl sites for hydroxylation is 1. The molecule has 2 aromatic rings. The number of nitrogens with zero attached hydrogens (tertiary/aromatic N) is 1. The number of ether oxygens (including phenoxy) is 2. The second-order valence-corrected chi connectivity index (χ2v) is 5.59. The highest BCUT2D eigenvalue weighted by atomic mass is 32.1. The van der Waals surface area contributed by atoms with Gasteiger partial charge in [-0.2, -0.15) is 0 Å². The maximum absolute atomic E-state index is 7.60. The van der Waals surface area contributed by atoms with Crippen molar-refractivity contribution in [2.75, 3.05) is 7.11 Å². The van der Waals surface area contributed by atoms with Crippen LogP contribution in [0.4, 0.5) is 0 Å². The number of nitrogens with two attached hydrogens (primary N) is 1. The summed E-state index contributed by atoms with van der Waals surface area (Å²) in [5, 5.41) is 8.44. The van der Waals surface area contributed by atoms with E-state index >= 15 is 0 Å². The average molecular weight is 305 g/mol. The lowest BCUT2D eigenvalue weighted by Gasteiger charge is -2.04. The lowest BCUT2D eigenvalue weighted by molar-refractivity contribution is 0.304. The van der Waals surface area contributed by atoms with Gasteiger partial charge in [0, 0.05) is 0 Å². The first-order valence-corrected chi connectivity index (χ1v) is 7.55. The van der Waals surface area contributed by atoms with Crippen molar-refractivity contribution >= 4 is 17.2 Å². The van der Waals surface area contributed by atoms with Gasteiger partial charge in [0.05, 0.1) is 17.7 Å². The van der Waals surface area contributed by atoms with Gasteiger partial charge in [-0.1, -0.05) is 13.3 Å².